The smallest absolute Gasteiger partial charge is 0.338 e. The molecule has 0 spiro atoms. The molecule has 0 fully saturated rings. The molecule has 4 heteroatoms. The van der Waals surface area contributed by atoms with Crippen molar-refractivity contribution in [2.75, 3.05) is 11.9 Å². The number of aryl methyl sites for hydroxylation is 1. The van der Waals surface area contributed by atoms with E-state index >= 15 is 0 Å². The van der Waals surface area contributed by atoms with Crippen LogP contribution in [0.2, 0.25) is 0 Å². The summed E-state index contributed by atoms with van der Waals surface area (Å²) in [4.78, 5) is 16.5. The number of pyridine rings is 1. The zero-order valence-electron chi connectivity index (χ0n) is 14.6. The standard InChI is InChI=1S/C21H22N2O2/c1-3-4-13-25-21(24)16-9-11-17(12-10-16)23-20-14-15(2)22-19-8-6-5-7-18(19)20/h5-12,14H,3-4,13H2,1-2H3,(H,22,23). The molecule has 4 nitrogen and oxygen atoms in total. The Morgan fingerprint density at radius 2 is 1.88 bits per heavy atom. The third-order valence-electron chi connectivity index (χ3n) is 3.97. The number of unbranched alkanes of at least 4 members (excludes halogenated alkanes) is 1. The molecule has 0 amide bonds. The third-order valence-corrected chi connectivity index (χ3v) is 3.97. The summed E-state index contributed by atoms with van der Waals surface area (Å²) in [5.74, 6) is -0.273. The fraction of sp³-hybridized carbons (Fsp3) is 0.238. The average Bonchev–Trinajstić information content (AvgIpc) is 2.62. The molecule has 0 radical (unpaired) electrons. The van der Waals surface area contributed by atoms with Crippen molar-refractivity contribution in [1.82, 2.24) is 4.98 Å². The van der Waals surface area contributed by atoms with E-state index in [1.165, 1.54) is 0 Å². The van der Waals surface area contributed by atoms with Crippen LogP contribution in [0.1, 0.15) is 35.8 Å². The first-order valence-corrected chi connectivity index (χ1v) is 8.58. The number of rotatable bonds is 6. The maximum absolute atomic E-state index is 12.0. The molecule has 1 N–H and O–H groups in total. The molecule has 128 valence electrons. The van der Waals surface area contributed by atoms with Gasteiger partial charge in [0.1, 0.15) is 0 Å². The molecule has 0 atom stereocenters. The zero-order valence-corrected chi connectivity index (χ0v) is 14.6. The van der Waals surface area contributed by atoms with Crippen LogP contribution in [0.4, 0.5) is 11.4 Å². The molecular weight excluding hydrogens is 312 g/mol. The summed E-state index contributed by atoms with van der Waals surface area (Å²) in [6.07, 6.45) is 1.90. The van der Waals surface area contributed by atoms with Gasteiger partial charge in [0.05, 0.1) is 17.7 Å². The molecule has 25 heavy (non-hydrogen) atoms. The number of nitrogens with one attached hydrogen (secondary N) is 1. The highest BCUT2D eigenvalue weighted by Crippen LogP contribution is 2.26. The number of benzene rings is 2. The Labute approximate surface area is 147 Å². The van der Waals surface area contributed by atoms with Gasteiger partial charge in [-0.15, -0.1) is 0 Å². The van der Waals surface area contributed by atoms with Gasteiger partial charge in [-0.05, 0) is 49.7 Å². The first-order chi connectivity index (χ1) is 12.2. The summed E-state index contributed by atoms with van der Waals surface area (Å²) in [5, 5.41) is 4.48. The van der Waals surface area contributed by atoms with Crippen molar-refractivity contribution < 1.29 is 9.53 Å². The van der Waals surface area contributed by atoms with Crippen molar-refractivity contribution in [1.29, 1.82) is 0 Å². The Morgan fingerprint density at radius 3 is 2.64 bits per heavy atom. The van der Waals surface area contributed by atoms with E-state index in [4.69, 9.17) is 4.74 Å². The van der Waals surface area contributed by atoms with Gasteiger partial charge < -0.3 is 10.1 Å². The van der Waals surface area contributed by atoms with Gasteiger partial charge in [0.15, 0.2) is 0 Å². The van der Waals surface area contributed by atoms with Gasteiger partial charge in [0, 0.05) is 22.5 Å². The first kappa shape index (κ1) is 17.0. The number of ether oxygens (including phenoxy) is 1. The molecule has 1 aromatic heterocycles. The number of hydrogen-bond donors (Lipinski definition) is 1. The normalized spacial score (nSPS) is 10.6. The van der Waals surface area contributed by atoms with E-state index in [1.807, 2.05) is 49.4 Å². The number of carbonyl (C=O) groups excluding carboxylic acids is 1. The van der Waals surface area contributed by atoms with Gasteiger partial charge in [0.2, 0.25) is 0 Å². The lowest BCUT2D eigenvalue weighted by Crippen LogP contribution is -2.06. The van der Waals surface area contributed by atoms with Gasteiger partial charge >= 0.3 is 5.97 Å². The predicted molar refractivity (Wildman–Crippen MR) is 101 cm³/mol. The van der Waals surface area contributed by atoms with Crippen LogP contribution in [0.15, 0.2) is 54.6 Å². The van der Waals surface area contributed by atoms with Crippen LogP contribution < -0.4 is 5.32 Å². The summed E-state index contributed by atoms with van der Waals surface area (Å²) in [5.41, 5.74) is 4.40. The third kappa shape index (κ3) is 4.15. The highest BCUT2D eigenvalue weighted by molar-refractivity contribution is 5.94. The number of carbonyl (C=O) groups is 1. The number of nitrogens with zero attached hydrogens (tertiary/aromatic N) is 1. The predicted octanol–water partition coefficient (Wildman–Crippen LogP) is 5.24. The van der Waals surface area contributed by atoms with Crippen LogP contribution in [0.3, 0.4) is 0 Å². The quantitative estimate of drug-likeness (QED) is 0.494. The second-order valence-electron chi connectivity index (χ2n) is 6.02. The summed E-state index contributed by atoms with van der Waals surface area (Å²) < 4.78 is 5.23. The molecule has 0 unspecified atom stereocenters. The van der Waals surface area contributed by atoms with Gasteiger partial charge in [-0.2, -0.15) is 0 Å². The monoisotopic (exact) mass is 334 g/mol. The highest BCUT2D eigenvalue weighted by Gasteiger charge is 2.08. The van der Waals surface area contributed by atoms with E-state index in [9.17, 15) is 4.79 Å². The lowest BCUT2D eigenvalue weighted by atomic mass is 10.1. The summed E-state index contributed by atoms with van der Waals surface area (Å²) >= 11 is 0. The number of aromatic nitrogens is 1. The number of anilines is 2. The first-order valence-electron chi connectivity index (χ1n) is 8.58. The van der Waals surface area contributed by atoms with Crippen molar-refractivity contribution in [3.05, 3.63) is 65.9 Å². The zero-order chi connectivity index (χ0) is 17.6. The molecule has 3 aromatic rings. The highest BCUT2D eigenvalue weighted by atomic mass is 16.5. The van der Waals surface area contributed by atoms with E-state index in [0.717, 1.165) is 40.8 Å². The number of esters is 1. The fourth-order valence-corrected chi connectivity index (χ4v) is 2.65. The second kappa shape index (κ2) is 7.79. The summed E-state index contributed by atoms with van der Waals surface area (Å²) in [6, 6.07) is 17.4. The SMILES string of the molecule is CCCCOC(=O)c1ccc(Nc2cc(C)nc3ccccc23)cc1. The Kier molecular flexibility index (Phi) is 5.29. The topological polar surface area (TPSA) is 51.2 Å². The average molecular weight is 334 g/mol. The van der Waals surface area contributed by atoms with Crippen LogP contribution >= 0.6 is 0 Å². The van der Waals surface area contributed by atoms with E-state index in [2.05, 4.69) is 17.2 Å². The minimum Gasteiger partial charge on any atom is -0.462 e. The van der Waals surface area contributed by atoms with E-state index < -0.39 is 0 Å². The second-order valence-corrected chi connectivity index (χ2v) is 6.02. The molecule has 0 aliphatic rings. The van der Waals surface area contributed by atoms with E-state index in [1.54, 1.807) is 12.1 Å². The molecule has 0 saturated heterocycles. The lowest BCUT2D eigenvalue weighted by Gasteiger charge is -2.11. The minimum absolute atomic E-state index is 0.273. The maximum atomic E-state index is 12.0. The van der Waals surface area contributed by atoms with Crippen LogP contribution in [0.5, 0.6) is 0 Å². The van der Waals surface area contributed by atoms with Crippen LogP contribution in [-0.2, 0) is 4.74 Å². The van der Waals surface area contributed by atoms with Crippen molar-refractivity contribution >= 4 is 28.2 Å². The molecule has 3 rings (SSSR count). The van der Waals surface area contributed by atoms with Crippen LogP contribution in [0, 0.1) is 6.92 Å². The lowest BCUT2D eigenvalue weighted by molar-refractivity contribution is 0.0500. The number of hydrogen-bond acceptors (Lipinski definition) is 4. The molecule has 0 saturated carbocycles. The minimum atomic E-state index is -0.273. The largest absolute Gasteiger partial charge is 0.462 e. The Morgan fingerprint density at radius 1 is 1.12 bits per heavy atom. The van der Waals surface area contributed by atoms with Gasteiger partial charge in [-0.3, -0.25) is 4.98 Å². The number of fused-ring (bicyclic) bond motifs is 1. The molecule has 1 heterocycles. The molecule has 2 aromatic carbocycles. The van der Waals surface area contributed by atoms with Crippen molar-refractivity contribution in [2.45, 2.75) is 26.7 Å². The van der Waals surface area contributed by atoms with Crippen molar-refractivity contribution in [3.63, 3.8) is 0 Å². The summed E-state index contributed by atoms with van der Waals surface area (Å²) in [7, 11) is 0. The van der Waals surface area contributed by atoms with Crippen LogP contribution in [-0.4, -0.2) is 17.6 Å². The molecular formula is C21H22N2O2. The van der Waals surface area contributed by atoms with Gasteiger partial charge in [-0.1, -0.05) is 31.5 Å². The number of para-hydroxylation sites is 1. The Balaban J connectivity index is 1.77. The maximum Gasteiger partial charge on any atom is 0.338 e. The van der Waals surface area contributed by atoms with Gasteiger partial charge in [-0.25, -0.2) is 4.79 Å². The van der Waals surface area contributed by atoms with Crippen molar-refractivity contribution in [3.8, 4) is 0 Å². The molecule has 0 aliphatic heterocycles. The Hall–Kier alpha value is -2.88. The molecule has 0 bridgehead atoms. The Bertz CT molecular complexity index is 873. The fourth-order valence-electron chi connectivity index (χ4n) is 2.65. The van der Waals surface area contributed by atoms with Crippen LogP contribution in [0.25, 0.3) is 10.9 Å². The van der Waals surface area contributed by atoms with Crippen molar-refractivity contribution in [2.24, 2.45) is 0 Å². The molecule has 0 aliphatic carbocycles. The van der Waals surface area contributed by atoms with E-state index in [-0.39, 0.29) is 5.97 Å². The van der Waals surface area contributed by atoms with E-state index in [0.29, 0.717) is 12.2 Å². The summed E-state index contributed by atoms with van der Waals surface area (Å²) in [6.45, 7) is 4.52. The van der Waals surface area contributed by atoms with Gasteiger partial charge in [0.25, 0.3) is 0 Å².